The molecule has 0 aliphatic heterocycles. The van der Waals surface area contributed by atoms with Crippen molar-refractivity contribution in [3.05, 3.63) is 88.6 Å². The van der Waals surface area contributed by atoms with E-state index in [0.29, 0.717) is 22.2 Å². The molecule has 1 aromatic heterocycles. The molecule has 0 fully saturated rings. The molecule has 0 aliphatic rings. The van der Waals surface area contributed by atoms with Crippen LogP contribution in [0.4, 0.5) is 5.69 Å². The number of aromatic nitrogens is 1. The number of nitro groups is 1. The fourth-order valence-electron chi connectivity index (χ4n) is 5.60. The summed E-state index contributed by atoms with van der Waals surface area (Å²) in [4.78, 5) is 15.3. The van der Waals surface area contributed by atoms with E-state index in [1.165, 1.54) is 0 Å². The number of para-hydroxylation sites is 1. The van der Waals surface area contributed by atoms with Gasteiger partial charge in [0.15, 0.2) is 0 Å². The topological polar surface area (TPSA) is 58.9 Å². The second kappa shape index (κ2) is 9.98. The standard InChI is InChI=1S/C29H33N2O2Si/c1-19(2)34(20(3)4)21(5)17-27-29(25-13-9-10-14-28(25)31(32)33)24-16-15-23(18-26(24)30-27)22-11-7-6-8-12-22/h6-16,18-21,30H,17H2,1-5H3/q+1. The Morgan fingerprint density at radius 1 is 0.853 bits per heavy atom. The SMILES string of the molecule is CC(C)[Si+](C(C)C)C(C)Cc1[nH]c2cc(-c3ccccc3)ccc2c1-c1ccccc1[N+](=O)[O-]. The average Bonchev–Trinajstić information content (AvgIpc) is 3.15. The van der Waals surface area contributed by atoms with Crippen molar-refractivity contribution in [1.29, 1.82) is 0 Å². The number of benzene rings is 3. The maximum atomic E-state index is 11.9. The zero-order chi connectivity index (χ0) is 24.4. The van der Waals surface area contributed by atoms with E-state index in [1.54, 1.807) is 12.1 Å². The van der Waals surface area contributed by atoms with Crippen molar-refractivity contribution in [3.63, 3.8) is 0 Å². The Balaban J connectivity index is 1.89. The van der Waals surface area contributed by atoms with Gasteiger partial charge in [-0.25, -0.2) is 0 Å². The van der Waals surface area contributed by atoms with E-state index in [-0.39, 0.29) is 10.6 Å². The lowest BCUT2D eigenvalue weighted by Crippen LogP contribution is -2.27. The van der Waals surface area contributed by atoms with Crippen LogP contribution < -0.4 is 0 Å². The smallest absolute Gasteiger partial charge is 0.323 e. The summed E-state index contributed by atoms with van der Waals surface area (Å²) in [7, 11) is -0.619. The molecule has 0 aliphatic carbocycles. The number of aromatic amines is 1. The monoisotopic (exact) mass is 469 g/mol. The Morgan fingerprint density at radius 3 is 2.15 bits per heavy atom. The number of nitro benzene ring substituents is 1. The van der Waals surface area contributed by atoms with E-state index in [9.17, 15) is 10.1 Å². The molecule has 1 N–H and O–H groups in total. The highest BCUT2D eigenvalue weighted by molar-refractivity contribution is 6.63. The van der Waals surface area contributed by atoms with E-state index in [2.05, 4.69) is 69.9 Å². The summed E-state index contributed by atoms with van der Waals surface area (Å²) in [6.07, 6.45) is 0.890. The van der Waals surface area contributed by atoms with Crippen LogP contribution in [0.2, 0.25) is 16.6 Å². The van der Waals surface area contributed by atoms with Gasteiger partial charge < -0.3 is 4.98 Å². The van der Waals surface area contributed by atoms with Crippen molar-refractivity contribution in [2.45, 2.75) is 57.7 Å². The first-order chi connectivity index (χ1) is 16.3. The second-order valence-corrected chi connectivity index (χ2v) is 14.1. The highest BCUT2D eigenvalue weighted by Crippen LogP contribution is 2.41. The van der Waals surface area contributed by atoms with Gasteiger partial charge in [-0.2, -0.15) is 0 Å². The van der Waals surface area contributed by atoms with Gasteiger partial charge in [-0.15, -0.1) is 0 Å². The molecule has 5 heteroatoms. The number of nitrogens with one attached hydrogen (secondary N) is 1. The van der Waals surface area contributed by atoms with Crippen molar-refractivity contribution < 1.29 is 4.92 Å². The predicted octanol–water partition coefficient (Wildman–Crippen LogP) is 8.66. The summed E-state index contributed by atoms with van der Waals surface area (Å²) in [5, 5.41) is 13.0. The summed E-state index contributed by atoms with van der Waals surface area (Å²) in [6.45, 7) is 11.7. The minimum absolute atomic E-state index is 0.155. The van der Waals surface area contributed by atoms with E-state index in [0.717, 1.165) is 39.7 Å². The largest absolute Gasteiger partial charge is 0.358 e. The number of H-pyrrole nitrogens is 1. The molecular formula is C29H33N2O2Si+. The van der Waals surface area contributed by atoms with Gasteiger partial charge in [-0.05, 0) is 57.9 Å². The number of hydrogen-bond donors (Lipinski definition) is 1. The van der Waals surface area contributed by atoms with Crippen LogP contribution in [0, 0.1) is 10.1 Å². The molecule has 4 nitrogen and oxygen atoms in total. The lowest BCUT2D eigenvalue weighted by atomic mass is 9.97. The van der Waals surface area contributed by atoms with E-state index in [4.69, 9.17) is 0 Å². The number of nitrogens with zero attached hydrogens (tertiary/aromatic N) is 1. The van der Waals surface area contributed by atoms with Gasteiger partial charge in [-0.1, -0.05) is 54.6 Å². The molecule has 4 aromatic rings. The van der Waals surface area contributed by atoms with Crippen molar-refractivity contribution in [2.24, 2.45) is 0 Å². The Hall–Kier alpha value is -3.18. The molecule has 4 rings (SSSR count). The predicted molar refractivity (Wildman–Crippen MR) is 145 cm³/mol. The third-order valence-corrected chi connectivity index (χ3v) is 10.8. The van der Waals surface area contributed by atoms with Crippen LogP contribution in [-0.4, -0.2) is 18.7 Å². The van der Waals surface area contributed by atoms with Crippen LogP contribution in [0.15, 0.2) is 72.8 Å². The normalized spacial score (nSPS) is 12.4. The van der Waals surface area contributed by atoms with Crippen molar-refractivity contribution >= 4 is 25.4 Å². The first-order valence-electron chi connectivity index (χ1n) is 12.1. The Labute approximate surface area is 203 Å². The van der Waals surface area contributed by atoms with Gasteiger partial charge in [0.2, 0.25) is 0 Å². The number of hydrogen-bond acceptors (Lipinski definition) is 2. The molecule has 0 spiro atoms. The first kappa shape index (κ1) is 24.0. The lowest BCUT2D eigenvalue weighted by molar-refractivity contribution is -0.384. The van der Waals surface area contributed by atoms with Crippen LogP contribution in [0.1, 0.15) is 40.3 Å². The molecule has 1 heterocycles. The lowest BCUT2D eigenvalue weighted by Gasteiger charge is -2.17. The average molecular weight is 470 g/mol. The highest BCUT2D eigenvalue weighted by atomic mass is 28.3. The molecule has 1 atom stereocenters. The maximum absolute atomic E-state index is 11.9. The van der Waals surface area contributed by atoms with Gasteiger partial charge in [0, 0.05) is 34.6 Å². The van der Waals surface area contributed by atoms with E-state index >= 15 is 0 Å². The summed E-state index contributed by atoms with van der Waals surface area (Å²) in [5.74, 6) is 0. The second-order valence-electron chi connectivity index (χ2n) is 9.79. The van der Waals surface area contributed by atoms with E-state index < -0.39 is 8.80 Å². The van der Waals surface area contributed by atoms with Crippen molar-refractivity contribution in [1.82, 2.24) is 4.98 Å². The quantitative estimate of drug-likeness (QED) is 0.159. The Kier molecular flexibility index (Phi) is 7.03. The molecule has 3 aromatic carbocycles. The molecule has 34 heavy (non-hydrogen) atoms. The highest BCUT2D eigenvalue weighted by Gasteiger charge is 2.41. The third-order valence-electron chi connectivity index (χ3n) is 6.77. The summed E-state index contributed by atoms with van der Waals surface area (Å²) >= 11 is 0. The molecule has 0 saturated heterocycles. The third kappa shape index (κ3) is 4.71. The van der Waals surface area contributed by atoms with Gasteiger partial charge in [0.1, 0.15) is 0 Å². The molecule has 0 amide bonds. The molecule has 0 bridgehead atoms. The maximum Gasteiger partial charge on any atom is 0.323 e. The molecule has 0 radical (unpaired) electrons. The summed E-state index contributed by atoms with van der Waals surface area (Å²) in [6, 6.07) is 23.9. The van der Waals surface area contributed by atoms with E-state index in [1.807, 2.05) is 30.3 Å². The zero-order valence-electron chi connectivity index (χ0n) is 20.6. The number of fused-ring (bicyclic) bond motifs is 1. The van der Waals surface area contributed by atoms with Crippen LogP contribution in [0.5, 0.6) is 0 Å². The summed E-state index contributed by atoms with van der Waals surface area (Å²) < 4.78 is 0. The van der Waals surface area contributed by atoms with Gasteiger partial charge in [0.25, 0.3) is 5.69 Å². The van der Waals surface area contributed by atoms with Gasteiger partial charge >= 0.3 is 8.80 Å². The number of rotatable bonds is 8. The minimum Gasteiger partial charge on any atom is -0.358 e. The molecule has 0 saturated carbocycles. The van der Waals surface area contributed by atoms with Crippen molar-refractivity contribution in [3.8, 4) is 22.3 Å². The first-order valence-corrected chi connectivity index (χ1v) is 13.8. The van der Waals surface area contributed by atoms with Crippen LogP contribution in [0.25, 0.3) is 33.2 Å². The Morgan fingerprint density at radius 2 is 1.50 bits per heavy atom. The van der Waals surface area contributed by atoms with Gasteiger partial charge in [-0.3, -0.25) is 10.1 Å². The fraction of sp³-hybridized carbons (Fsp3) is 0.310. The van der Waals surface area contributed by atoms with Gasteiger partial charge in [0.05, 0.1) is 27.1 Å². The minimum atomic E-state index is -0.619. The summed E-state index contributed by atoms with van der Waals surface area (Å²) in [5.41, 5.74) is 8.12. The van der Waals surface area contributed by atoms with Crippen molar-refractivity contribution in [2.75, 3.05) is 0 Å². The molecule has 174 valence electrons. The molecule has 1 unspecified atom stereocenters. The van der Waals surface area contributed by atoms with Crippen LogP contribution >= 0.6 is 0 Å². The zero-order valence-corrected chi connectivity index (χ0v) is 21.6. The molecular weight excluding hydrogens is 436 g/mol. The van der Waals surface area contributed by atoms with Crippen LogP contribution in [-0.2, 0) is 6.42 Å². The fourth-order valence-corrected chi connectivity index (χ4v) is 9.65. The van der Waals surface area contributed by atoms with Crippen LogP contribution in [0.3, 0.4) is 0 Å². The Bertz CT molecular complexity index is 1290.